The van der Waals surface area contributed by atoms with Crippen molar-refractivity contribution < 1.29 is 34.0 Å². The van der Waals surface area contributed by atoms with Gasteiger partial charge in [0.2, 0.25) is 0 Å². The second kappa shape index (κ2) is 12.4. The molecule has 3 aromatic rings. The summed E-state index contributed by atoms with van der Waals surface area (Å²) in [6.07, 6.45) is -3.76. The quantitative estimate of drug-likeness (QED) is 0.331. The molecule has 0 unspecified atom stereocenters. The number of hydrogen-bond donors (Lipinski definition) is 3. The van der Waals surface area contributed by atoms with Crippen LogP contribution in [-0.2, 0) is 14.3 Å². The molecular formula is C27H25Cl3FN5O6. The number of halogens is 4. The minimum Gasteiger partial charge on any atom is -0.394 e. The third kappa shape index (κ3) is 5.59. The number of hydrogen-bond acceptors (Lipinski definition) is 9. The number of nitriles is 1. The van der Waals surface area contributed by atoms with Crippen molar-refractivity contribution in [3.8, 4) is 17.3 Å². The minimum atomic E-state index is -1.41. The van der Waals surface area contributed by atoms with Crippen LogP contribution < -0.4 is 4.90 Å². The van der Waals surface area contributed by atoms with Gasteiger partial charge in [0.1, 0.15) is 35.9 Å². The van der Waals surface area contributed by atoms with Crippen molar-refractivity contribution in [2.45, 2.75) is 55.4 Å². The molecule has 7 atom stereocenters. The molecule has 0 bridgehead atoms. The maximum atomic E-state index is 14.3. The van der Waals surface area contributed by atoms with E-state index < -0.39 is 60.9 Å². The van der Waals surface area contributed by atoms with Crippen LogP contribution in [0.15, 0.2) is 36.5 Å². The van der Waals surface area contributed by atoms with Gasteiger partial charge in [-0.2, -0.15) is 5.26 Å². The zero-order valence-corrected chi connectivity index (χ0v) is 24.2. The number of aromatic nitrogens is 3. The number of methoxy groups -OCH3 is 1. The van der Waals surface area contributed by atoms with Gasteiger partial charge in [0.15, 0.2) is 6.10 Å². The molecule has 1 amide bonds. The maximum Gasteiger partial charge on any atom is 0.259 e. The molecule has 1 aliphatic carbocycles. The number of nitrogens with zero attached hydrogens (tertiary/aromatic N) is 5. The number of carbonyl (C=O) groups excluding carboxylic acids is 1. The average molecular weight is 641 g/mol. The van der Waals surface area contributed by atoms with Crippen LogP contribution in [0.3, 0.4) is 0 Å². The first kappa shape index (κ1) is 30.6. The Labute approximate surface area is 254 Å². The first-order valence-corrected chi connectivity index (χ1v) is 14.0. The van der Waals surface area contributed by atoms with Gasteiger partial charge in [-0.25, -0.2) is 9.07 Å². The Hall–Kier alpha value is -2.86. The number of aliphatic hydroxyl groups is 3. The van der Waals surface area contributed by atoms with Crippen LogP contribution in [0.25, 0.3) is 11.3 Å². The normalized spacial score (nSPS) is 27.3. The van der Waals surface area contributed by atoms with Crippen molar-refractivity contribution >= 4 is 46.4 Å². The van der Waals surface area contributed by atoms with Gasteiger partial charge in [0.25, 0.3) is 5.91 Å². The molecule has 1 saturated carbocycles. The minimum absolute atomic E-state index is 0.0352. The first-order valence-electron chi connectivity index (χ1n) is 12.8. The zero-order valence-electron chi connectivity index (χ0n) is 21.9. The Morgan fingerprint density at radius 3 is 2.60 bits per heavy atom. The first-order chi connectivity index (χ1) is 20.1. The number of anilines is 1. The Morgan fingerprint density at radius 2 is 2.00 bits per heavy atom. The van der Waals surface area contributed by atoms with E-state index in [-0.39, 0.29) is 37.6 Å². The van der Waals surface area contributed by atoms with E-state index in [0.717, 1.165) is 6.07 Å². The topological polar surface area (TPSA) is 154 Å². The molecule has 15 heteroatoms. The summed E-state index contributed by atoms with van der Waals surface area (Å²) in [6.45, 7) is -0.654. The SMILES string of the molecule is CO[C@@H]1[C@@H](n2cc(-c3cc(F)c(Cl)c(Cl)c3)nn2)[C@@H](O)[C@@H](CO)O[C@H]1C(=O)N(c1cc(Cl)cc(C#N)c1)[C@H]1CC[C@@H]1O. The van der Waals surface area contributed by atoms with Gasteiger partial charge in [0.05, 0.1) is 46.6 Å². The molecular weight excluding hydrogens is 616 g/mol. The van der Waals surface area contributed by atoms with E-state index in [4.69, 9.17) is 44.3 Å². The molecule has 2 fully saturated rings. The highest BCUT2D eigenvalue weighted by atomic mass is 35.5. The molecule has 0 radical (unpaired) electrons. The summed E-state index contributed by atoms with van der Waals surface area (Å²) >= 11 is 18.1. The summed E-state index contributed by atoms with van der Waals surface area (Å²) in [5, 5.41) is 49.3. The largest absolute Gasteiger partial charge is 0.394 e. The lowest BCUT2D eigenvalue weighted by Crippen LogP contribution is -2.64. The Morgan fingerprint density at radius 1 is 1.24 bits per heavy atom. The second-order valence-corrected chi connectivity index (χ2v) is 11.2. The second-order valence-electron chi connectivity index (χ2n) is 10.0. The summed E-state index contributed by atoms with van der Waals surface area (Å²) in [7, 11) is 1.31. The van der Waals surface area contributed by atoms with Crippen LogP contribution in [0.1, 0.15) is 24.4 Å². The summed E-state index contributed by atoms with van der Waals surface area (Å²) in [5.74, 6) is -1.42. The van der Waals surface area contributed by atoms with Gasteiger partial charge < -0.3 is 29.7 Å². The molecule has 1 aromatic heterocycles. The van der Waals surface area contributed by atoms with Gasteiger partial charge >= 0.3 is 0 Å². The lowest BCUT2D eigenvalue weighted by molar-refractivity contribution is -0.211. The summed E-state index contributed by atoms with van der Waals surface area (Å²) < 4.78 is 27.1. The number of amides is 1. The highest BCUT2D eigenvalue weighted by Gasteiger charge is 2.52. The van der Waals surface area contributed by atoms with Crippen molar-refractivity contribution in [3.05, 3.63) is 63.0 Å². The van der Waals surface area contributed by atoms with E-state index in [9.17, 15) is 29.8 Å². The fourth-order valence-electron chi connectivity index (χ4n) is 5.28. The molecule has 1 aliphatic heterocycles. The van der Waals surface area contributed by atoms with E-state index in [0.29, 0.717) is 12.8 Å². The maximum absolute atomic E-state index is 14.3. The van der Waals surface area contributed by atoms with E-state index in [2.05, 4.69) is 10.3 Å². The van der Waals surface area contributed by atoms with E-state index in [1.807, 2.05) is 6.07 Å². The summed E-state index contributed by atoms with van der Waals surface area (Å²) in [6, 6.07) is 7.18. The molecule has 2 aliphatic rings. The van der Waals surface area contributed by atoms with Crippen molar-refractivity contribution in [3.63, 3.8) is 0 Å². The lowest BCUT2D eigenvalue weighted by Gasteiger charge is -2.47. The number of aliphatic hydroxyl groups excluding tert-OH is 3. The van der Waals surface area contributed by atoms with Crippen molar-refractivity contribution in [2.24, 2.45) is 0 Å². The highest BCUT2D eigenvalue weighted by Crippen LogP contribution is 2.38. The van der Waals surface area contributed by atoms with Crippen molar-refractivity contribution in [2.75, 3.05) is 18.6 Å². The number of rotatable bonds is 7. The highest BCUT2D eigenvalue weighted by molar-refractivity contribution is 6.42. The number of carbonyl (C=O) groups is 1. The van der Waals surface area contributed by atoms with E-state index >= 15 is 0 Å². The van der Waals surface area contributed by atoms with Gasteiger partial charge in [0, 0.05) is 23.4 Å². The van der Waals surface area contributed by atoms with Crippen LogP contribution in [0.5, 0.6) is 0 Å². The summed E-state index contributed by atoms with van der Waals surface area (Å²) in [5.41, 5.74) is 0.910. The predicted octanol–water partition coefficient (Wildman–Crippen LogP) is 3.15. The lowest BCUT2D eigenvalue weighted by atomic mass is 9.85. The number of ether oxygens (including phenoxy) is 2. The third-order valence-electron chi connectivity index (χ3n) is 7.54. The van der Waals surface area contributed by atoms with Gasteiger partial charge in [-0.05, 0) is 43.2 Å². The fourth-order valence-corrected chi connectivity index (χ4v) is 5.83. The van der Waals surface area contributed by atoms with Crippen LogP contribution in [0.2, 0.25) is 15.1 Å². The van der Waals surface area contributed by atoms with Gasteiger partial charge in [-0.1, -0.05) is 40.0 Å². The Balaban J connectivity index is 1.54. The van der Waals surface area contributed by atoms with Crippen LogP contribution in [0, 0.1) is 17.1 Å². The predicted molar refractivity (Wildman–Crippen MR) is 150 cm³/mol. The molecule has 11 nitrogen and oxygen atoms in total. The van der Waals surface area contributed by atoms with E-state index in [1.54, 1.807) is 0 Å². The molecule has 5 rings (SSSR count). The summed E-state index contributed by atoms with van der Waals surface area (Å²) in [4.78, 5) is 15.6. The van der Waals surface area contributed by atoms with Crippen LogP contribution in [-0.4, -0.2) is 86.5 Å². The zero-order chi connectivity index (χ0) is 30.3. The standard InChI is InChI=1S/C27H25Cl3FN5O6/c1-41-25-23(35-10-18(33-34-35)13-6-16(29)22(30)17(31)7-13)24(39)21(11-37)42-26(25)27(40)36(19-2-3-20(19)38)15-5-12(9-32)4-14(28)8-15/h4-8,10,19-21,23-26,37-39H,2-3,11H2,1H3/t19-,20-,21+,23-,24-,25+,26+/m0/s1. The van der Waals surface area contributed by atoms with Crippen molar-refractivity contribution in [1.82, 2.24) is 15.0 Å². The molecule has 3 N–H and O–H groups in total. The molecule has 2 aromatic carbocycles. The Bertz CT molecular complexity index is 1510. The fraction of sp³-hybridized carbons (Fsp3) is 0.407. The smallest absolute Gasteiger partial charge is 0.259 e. The number of benzene rings is 2. The van der Waals surface area contributed by atoms with Crippen LogP contribution in [0.4, 0.5) is 10.1 Å². The van der Waals surface area contributed by atoms with Crippen molar-refractivity contribution in [1.29, 1.82) is 5.26 Å². The van der Waals surface area contributed by atoms with Gasteiger partial charge in [-0.15, -0.1) is 5.10 Å². The third-order valence-corrected chi connectivity index (χ3v) is 8.54. The molecule has 42 heavy (non-hydrogen) atoms. The van der Waals surface area contributed by atoms with Crippen LogP contribution >= 0.6 is 34.8 Å². The molecule has 222 valence electrons. The Kier molecular flexibility index (Phi) is 9.03. The monoisotopic (exact) mass is 639 g/mol. The van der Waals surface area contributed by atoms with E-state index in [1.165, 1.54) is 47.2 Å². The van der Waals surface area contributed by atoms with Gasteiger partial charge in [-0.3, -0.25) is 4.79 Å². The molecule has 1 saturated heterocycles. The average Bonchev–Trinajstić information content (AvgIpc) is 3.46. The molecule has 2 heterocycles. The molecule has 0 spiro atoms.